The van der Waals surface area contributed by atoms with Crippen molar-refractivity contribution in [3.63, 3.8) is 0 Å². The second-order valence-electron chi connectivity index (χ2n) is 5.97. The van der Waals surface area contributed by atoms with Gasteiger partial charge in [0.2, 0.25) is 0 Å². The lowest BCUT2D eigenvalue weighted by atomic mass is 10.2. The predicted molar refractivity (Wildman–Crippen MR) is 107 cm³/mol. The molecular formula is C21H15ClN4O2. The molecule has 28 heavy (non-hydrogen) atoms. The minimum Gasteiger partial charge on any atom is -0.321 e. The number of carbonyl (C=O) groups excluding carboxylic acids is 2. The van der Waals surface area contributed by atoms with Crippen LogP contribution in [-0.2, 0) is 0 Å². The van der Waals surface area contributed by atoms with Crippen LogP contribution in [0.1, 0.15) is 32.1 Å². The van der Waals surface area contributed by atoms with Crippen molar-refractivity contribution in [2.24, 2.45) is 0 Å². The number of aryl methyl sites for hydroxylation is 1. The van der Waals surface area contributed by atoms with Gasteiger partial charge in [0.1, 0.15) is 11.4 Å². The first kappa shape index (κ1) is 19.1. The molecule has 0 aliphatic heterocycles. The highest BCUT2D eigenvalue weighted by molar-refractivity contribution is 6.31. The molecule has 0 fully saturated rings. The Morgan fingerprint density at radius 3 is 2.14 bits per heavy atom. The highest BCUT2D eigenvalue weighted by atomic mass is 35.5. The minimum atomic E-state index is -0.483. The van der Waals surface area contributed by atoms with Crippen molar-refractivity contribution in [3.05, 3.63) is 88.2 Å². The van der Waals surface area contributed by atoms with Crippen LogP contribution in [0.15, 0.2) is 60.7 Å². The Hall–Kier alpha value is -3.69. The Balaban J connectivity index is 1.75. The standard InChI is InChI=1S/C21H15ClN4O2/c1-13-8-9-16(11-17(13)22)25-21(28)19-7-3-6-18(26-19)20(27)24-15-5-2-4-14(10-15)12-23/h2-11H,1H3,(H,24,27)(H,25,28). The minimum absolute atomic E-state index is 0.0805. The molecule has 0 atom stereocenters. The Labute approximate surface area is 166 Å². The summed E-state index contributed by atoms with van der Waals surface area (Å²) in [5.41, 5.74) is 2.50. The number of halogens is 1. The highest BCUT2D eigenvalue weighted by Crippen LogP contribution is 2.20. The number of nitriles is 1. The summed E-state index contributed by atoms with van der Waals surface area (Å²) < 4.78 is 0. The van der Waals surface area contributed by atoms with Crippen LogP contribution >= 0.6 is 11.6 Å². The maximum atomic E-state index is 12.4. The number of hydrogen-bond donors (Lipinski definition) is 2. The molecule has 138 valence electrons. The molecule has 0 unspecified atom stereocenters. The lowest BCUT2D eigenvalue weighted by Gasteiger charge is -2.08. The number of rotatable bonds is 4. The van der Waals surface area contributed by atoms with E-state index < -0.39 is 11.8 Å². The smallest absolute Gasteiger partial charge is 0.274 e. The molecule has 0 saturated heterocycles. The SMILES string of the molecule is Cc1ccc(NC(=O)c2cccc(C(=O)Nc3cccc(C#N)c3)n2)cc1Cl. The average molecular weight is 391 g/mol. The molecule has 0 aliphatic rings. The fourth-order valence-corrected chi connectivity index (χ4v) is 2.60. The van der Waals surface area contributed by atoms with Crippen LogP contribution in [-0.4, -0.2) is 16.8 Å². The van der Waals surface area contributed by atoms with Crippen molar-refractivity contribution in [2.75, 3.05) is 10.6 Å². The summed E-state index contributed by atoms with van der Waals surface area (Å²) >= 11 is 6.07. The molecule has 0 saturated carbocycles. The monoisotopic (exact) mass is 390 g/mol. The topological polar surface area (TPSA) is 94.9 Å². The molecule has 3 aromatic rings. The molecule has 7 heteroatoms. The Kier molecular flexibility index (Phi) is 5.68. The molecule has 0 bridgehead atoms. The molecule has 3 rings (SSSR count). The number of nitrogens with zero attached hydrogens (tertiary/aromatic N) is 2. The number of pyridine rings is 1. The Bertz CT molecular complexity index is 1110. The third-order valence-corrected chi connectivity index (χ3v) is 4.30. The van der Waals surface area contributed by atoms with Crippen molar-refractivity contribution in [1.29, 1.82) is 5.26 Å². The van der Waals surface area contributed by atoms with E-state index in [0.29, 0.717) is 22.0 Å². The second-order valence-corrected chi connectivity index (χ2v) is 6.38. The van der Waals surface area contributed by atoms with Gasteiger partial charge >= 0.3 is 0 Å². The van der Waals surface area contributed by atoms with Gasteiger partial charge in [-0.25, -0.2) is 4.98 Å². The number of hydrogen-bond acceptors (Lipinski definition) is 4. The van der Waals surface area contributed by atoms with Crippen LogP contribution in [0.3, 0.4) is 0 Å². The van der Waals surface area contributed by atoms with Gasteiger partial charge in [-0.15, -0.1) is 0 Å². The van der Waals surface area contributed by atoms with E-state index in [1.807, 2.05) is 13.0 Å². The second kappa shape index (κ2) is 8.33. The Morgan fingerprint density at radius 2 is 1.54 bits per heavy atom. The first-order valence-corrected chi connectivity index (χ1v) is 8.70. The van der Waals surface area contributed by atoms with Crippen LogP contribution < -0.4 is 10.6 Å². The summed E-state index contributed by atoms with van der Waals surface area (Å²) in [5, 5.41) is 14.8. The lowest BCUT2D eigenvalue weighted by Crippen LogP contribution is -2.18. The van der Waals surface area contributed by atoms with Gasteiger partial charge in [-0.2, -0.15) is 5.26 Å². The molecule has 2 aromatic carbocycles. The van der Waals surface area contributed by atoms with Crippen molar-refractivity contribution in [2.45, 2.75) is 6.92 Å². The zero-order valence-electron chi connectivity index (χ0n) is 14.9. The molecular weight excluding hydrogens is 376 g/mol. The average Bonchev–Trinajstić information content (AvgIpc) is 2.71. The van der Waals surface area contributed by atoms with E-state index in [1.54, 1.807) is 48.5 Å². The van der Waals surface area contributed by atoms with Crippen molar-refractivity contribution >= 4 is 34.8 Å². The van der Waals surface area contributed by atoms with E-state index in [9.17, 15) is 9.59 Å². The molecule has 2 N–H and O–H groups in total. The zero-order valence-corrected chi connectivity index (χ0v) is 15.6. The van der Waals surface area contributed by atoms with Gasteiger partial charge in [-0.05, 0) is 55.0 Å². The number of anilines is 2. The zero-order chi connectivity index (χ0) is 20.1. The summed E-state index contributed by atoms with van der Waals surface area (Å²) in [5.74, 6) is -0.941. The van der Waals surface area contributed by atoms with Crippen LogP contribution in [0.4, 0.5) is 11.4 Å². The van der Waals surface area contributed by atoms with E-state index in [1.165, 1.54) is 12.1 Å². The quantitative estimate of drug-likeness (QED) is 0.689. The normalized spacial score (nSPS) is 10.0. The maximum absolute atomic E-state index is 12.4. The van der Waals surface area contributed by atoms with E-state index in [0.717, 1.165) is 5.56 Å². The molecule has 2 amide bonds. The first-order valence-electron chi connectivity index (χ1n) is 8.32. The highest BCUT2D eigenvalue weighted by Gasteiger charge is 2.13. The first-order chi connectivity index (χ1) is 13.5. The van der Waals surface area contributed by atoms with E-state index >= 15 is 0 Å². The van der Waals surface area contributed by atoms with Gasteiger partial charge < -0.3 is 10.6 Å². The van der Waals surface area contributed by atoms with Crippen LogP contribution in [0.25, 0.3) is 0 Å². The molecule has 1 heterocycles. The summed E-state index contributed by atoms with van der Waals surface area (Å²) in [4.78, 5) is 29.0. The molecule has 6 nitrogen and oxygen atoms in total. The van der Waals surface area contributed by atoms with Crippen LogP contribution in [0.5, 0.6) is 0 Å². The maximum Gasteiger partial charge on any atom is 0.274 e. The Morgan fingerprint density at radius 1 is 0.929 bits per heavy atom. The summed E-state index contributed by atoms with van der Waals surface area (Å²) in [7, 11) is 0. The van der Waals surface area contributed by atoms with Gasteiger partial charge in [0.25, 0.3) is 11.8 Å². The van der Waals surface area contributed by atoms with E-state index in [2.05, 4.69) is 15.6 Å². The van der Waals surface area contributed by atoms with E-state index in [-0.39, 0.29) is 11.4 Å². The lowest BCUT2D eigenvalue weighted by molar-refractivity contribution is 0.101. The number of carbonyl (C=O) groups is 2. The third-order valence-electron chi connectivity index (χ3n) is 3.89. The largest absolute Gasteiger partial charge is 0.321 e. The van der Waals surface area contributed by atoms with Crippen LogP contribution in [0, 0.1) is 18.3 Å². The third kappa shape index (κ3) is 4.53. The van der Waals surface area contributed by atoms with Gasteiger partial charge in [-0.1, -0.05) is 29.8 Å². The fourth-order valence-electron chi connectivity index (χ4n) is 2.41. The number of amides is 2. The summed E-state index contributed by atoms with van der Waals surface area (Å²) in [6.45, 7) is 1.86. The predicted octanol–water partition coefficient (Wildman–Crippen LogP) is 4.42. The van der Waals surface area contributed by atoms with Gasteiger partial charge in [0.15, 0.2) is 0 Å². The van der Waals surface area contributed by atoms with Gasteiger partial charge in [0, 0.05) is 16.4 Å². The van der Waals surface area contributed by atoms with Gasteiger partial charge in [-0.3, -0.25) is 9.59 Å². The summed E-state index contributed by atoms with van der Waals surface area (Å²) in [6.07, 6.45) is 0. The summed E-state index contributed by atoms with van der Waals surface area (Å²) in [6, 6.07) is 18.3. The fraction of sp³-hybridized carbons (Fsp3) is 0.0476. The molecule has 1 aromatic heterocycles. The van der Waals surface area contributed by atoms with Crippen molar-refractivity contribution < 1.29 is 9.59 Å². The van der Waals surface area contributed by atoms with Crippen molar-refractivity contribution in [1.82, 2.24) is 4.98 Å². The number of benzene rings is 2. The van der Waals surface area contributed by atoms with Crippen LogP contribution in [0.2, 0.25) is 5.02 Å². The van der Waals surface area contributed by atoms with Gasteiger partial charge in [0.05, 0.1) is 11.6 Å². The van der Waals surface area contributed by atoms with E-state index in [4.69, 9.17) is 16.9 Å². The number of nitrogens with one attached hydrogen (secondary N) is 2. The molecule has 0 aliphatic carbocycles. The molecule has 0 spiro atoms. The molecule has 0 radical (unpaired) electrons. The van der Waals surface area contributed by atoms with Crippen molar-refractivity contribution in [3.8, 4) is 6.07 Å². The number of aromatic nitrogens is 1.